The Morgan fingerprint density at radius 3 is 2.71 bits per heavy atom. The van der Waals surface area contributed by atoms with Crippen molar-refractivity contribution >= 4 is 0 Å². The van der Waals surface area contributed by atoms with Crippen LogP contribution in [0.25, 0.3) is 0 Å². The van der Waals surface area contributed by atoms with Crippen molar-refractivity contribution in [3.63, 3.8) is 0 Å². The number of hydrogen-bond acceptors (Lipinski definition) is 3. The Labute approximate surface area is 125 Å². The average Bonchev–Trinajstić information content (AvgIpc) is 2.95. The first-order valence-corrected chi connectivity index (χ1v) is 7.50. The summed E-state index contributed by atoms with van der Waals surface area (Å²) in [7, 11) is 0. The van der Waals surface area contributed by atoms with Gasteiger partial charge in [0.15, 0.2) is 0 Å². The van der Waals surface area contributed by atoms with Crippen molar-refractivity contribution in [2.75, 3.05) is 13.2 Å². The number of aliphatic hydroxyl groups is 1. The van der Waals surface area contributed by atoms with Crippen molar-refractivity contribution in [2.24, 2.45) is 0 Å². The molecule has 110 valence electrons. The van der Waals surface area contributed by atoms with E-state index in [1.54, 1.807) is 0 Å². The van der Waals surface area contributed by atoms with E-state index >= 15 is 0 Å². The van der Waals surface area contributed by atoms with Crippen LogP contribution in [0.5, 0.6) is 5.75 Å². The third-order valence-electron chi connectivity index (χ3n) is 3.92. The minimum Gasteiger partial charge on any atom is -0.491 e. The number of fused-ring (bicyclic) bond motifs is 1. The number of aryl methyl sites for hydroxylation is 1. The van der Waals surface area contributed by atoms with Gasteiger partial charge in [0.1, 0.15) is 18.5 Å². The summed E-state index contributed by atoms with van der Waals surface area (Å²) in [6.45, 7) is 0.858. The molecule has 1 aliphatic carbocycles. The smallest absolute Gasteiger partial charge is 0.119 e. The Bertz CT molecular complexity index is 570. The van der Waals surface area contributed by atoms with Crippen LogP contribution in [0.1, 0.15) is 23.6 Å². The summed E-state index contributed by atoms with van der Waals surface area (Å²) in [4.78, 5) is 0. The highest BCUT2D eigenvalue weighted by molar-refractivity contribution is 5.34. The highest BCUT2D eigenvalue weighted by Gasteiger charge is 2.21. The van der Waals surface area contributed by atoms with E-state index in [-0.39, 0.29) is 0 Å². The molecule has 2 atom stereocenters. The lowest BCUT2D eigenvalue weighted by Crippen LogP contribution is -2.33. The van der Waals surface area contributed by atoms with Crippen molar-refractivity contribution in [3.05, 3.63) is 65.7 Å². The second-order valence-electron chi connectivity index (χ2n) is 5.48. The minimum atomic E-state index is -0.502. The van der Waals surface area contributed by atoms with Gasteiger partial charge >= 0.3 is 0 Å². The lowest BCUT2D eigenvalue weighted by molar-refractivity contribution is 0.103. The van der Waals surface area contributed by atoms with E-state index in [0.717, 1.165) is 18.6 Å². The summed E-state index contributed by atoms with van der Waals surface area (Å²) >= 11 is 0. The average molecular weight is 283 g/mol. The molecule has 0 radical (unpaired) electrons. The minimum absolute atomic E-state index is 0.311. The Kier molecular flexibility index (Phi) is 4.53. The standard InChI is InChI=1S/C18H21NO2/c20-15(13-21-16-7-2-1-3-8-16)12-19-18-11-10-14-6-4-5-9-17(14)18/h1-9,15,18-20H,10-13H2/t15-,18-/m0/s1. The molecule has 0 spiro atoms. The predicted molar refractivity (Wildman–Crippen MR) is 83.5 cm³/mol. The number of benzene rings is 2. The van der Waals surface area contributed by atoms with Crippen LogP contribution in [-0.2, 0) is 6.42 Å². The van der Waals surface area contributed by atoms with Gasteiger partial charge in [-0.2, -0.15) is 0 Å². The molecule has 2 N–H and O–H groups in total. The molecule has 3 nitrogen and oxygen atoms in total. The zero-order valence-corrected chi connectivity index (χ0v) is 12.0. The highest BCUT2D eigenvalue weighted by atomic mass is 16.5. The molecule has 0 amide bonds. The first-order valence-electron chi connectivity index (χ1n) is 7.50. The topological polar surface area (TPSA) is 41.5 Å². The van der Waals surface area contributed by atoms with Gasteiger partial charge in [-0.05, 0) is 36.1 Å². The molecule has 2 aromatic rings. The lowest BCUT2D eigenvalue weighted by atomic mass is 10.1. The first-order chi connectivity index (χ1) is 10.3. The van der Waals surface area contributed by atoms with E-state index in [2.05, 4.69) is 29.6 Å². The molecular weight excluding hydrogens is 262 g/mol. The molecule has 0 aromatic heterocycles. The third-order valence-corrected chi connectivity index (χ3v) is 3.92. The summed E-state index contributed by atoms with van der Waals surface area (Å²) in [5, 5.41) is 13.5. The fourth-order valence-electron chi connectivity index (χ4n) is 2.82. The molecule has 0 fully saturated rings. The molecule has 3 heteroatoms. The van der Waals surface area contributed by atoms with Crippen molar-refractivity contribution < 1.29 is 9.84 Å². The van der Waals surface area contributed by atoms with E-state index < -0.39 is 6.10 Å². The van der Waals surface area contributed by atoms with Gasteiger partial charge in [-0.1, -0.05) is 42.5 Å². The van der Waals surface area contributed by atoms with Crippen molar-refractivity contribution in [2.45, 2.75) is 25.0 Å². The Hall–Kier alpha value is -1.84. The molecule has 0 saturated heterocycles. The van der Waals surface area contributed by atoms with E-state index in [1.165, 1.54) is 11.1 Å². The Morgan fingerprint density at radius 2 is 1.86 bits per heavy atom. The van der Waals surface area contributed by atoms with Gasteiger partial charge in [-0.25, -0.2) is 0 Å². The van der Waals surface area contributed by atoms with Crippen LogP contribution in [-0.4, -0.2) is 24.4 Å². The molecule has 3 rings (SSSR count). The van der Waals surface area contributed by atoms with Crippen LogP contribution < -0.4 is 10.1 Å². The molecule has 0 aliphatic heterocycles. The van der Waals surface area contributed by atoms with Gasteiger partial charge in [0.2, 0.25) is 0 Å². The number of hydrogen-bond donors (Lipinski definition) is 2. The van der Waals surface area contributed by atoms with E-state index in [9.17, 15) is 5.11 Å². The summed E-state index contributed by atoms with van der Waals surface area (Å²) in [6.07, 6.45) is 1.72. The molecule has 0 unspecified atom stereocenters. The molecule has 2 aromatic carbocycles. The number of aliphatic hydroxyl groups excluding tert-OH is 1. The zero-order valence-electron chi connectivity index (χ0n) is 12.0. The van der Waals surface area contributed by atoms with Gasteiger partial charge in [-0.15, -0.1) is 0 Å². The molecule has 21 heavy (non-hydrogen) atoms. The number of para-hydroxylation sites is 1. The normalized spacial score (nSPS) is 18.2. The number of rotatable bonds is 6. The molecule has 0 heterocycles. The van der Waals surface area contributed by atoms with E-state index in [0.29, 0.717) is 19.2 Å². The van der Waals surface area contributed by atoms with Crippen molar-refractivity contribution in [3.8, 4) is 5.75 Å². The summed E-state index contributed by atoms with van der Waals surface area (Å²) in [5.74, 6) is 0.794. The monoisotopic (exact) mass is 283 g/mol. The van der Waals surface area contributed by atoms with Crippen molar-refractivity contribution in [1.82, 2.24) is 5.32 Å². The van der Waals surface area contributed by atoms with Gasteiger partial charge in [0, 0.05) is 12.6 Å². The summed E-state index contributed by atoms with van der Waals surface area (Å²) in [5.41, 5.74) is 2.79. The van der Waals surface area contributed by atoms with Crippen molar-refractivity contribution in [1.29, 1.82) is 0 Å². The quantitative estimate of drug-likeness (QED) is 0.856. The second kappa shape index (κ2) is 6.74. The summed E-state index contributed by atoms with van der Waals surface area (Å²) < 4.78 is 5.56. The van der Waals surface area contributed by atoms with Gasteiger partial charge in [0.05, 0.1) is 0 Å². The zero-order chi connectivity index (χ0) is 14.5. The maximum absolute atomic E-state index is 10.0. The predicted octanol–water partition coefficient (Wildman–Crippen LogP) is 2.70. The van der Waals surface area contributed by atoms with Gasteiger partial charge in [-0.3, -0.25) is 0 Å². The SMILES string of the molecule is O[C@@H](CN[C@H]1CCc2ccccc21)COc1ccccc1. The third kappa shape index (κ3) is 3.63. The van der Waals surface area contributed by atoms with E-state index in [4.69, 9.17) is 4.74 Å². The Morgan fingerprint density at radius 1 is 1.10 bits per heavy atom. The molecule has 0 bridgehead atoms. The van der Waals surface area contributed by atoms with Crippen LogP contribution in [0.3, 0.4) is 0 Å². The van der Waals surface area contributed by atoms with Crippen LogP contribution >= 0.6 is 0 Å². The van der Waals surface area contributed by atoms with Crippen LogP contribution in [0.4, 0.5) is 0 Å². The highest BCUT2D eigenvalue weighted by Crippen LogP contribution is 2.30. The maximum atomic E-state index is 10.0. The van der Waals surface area contributed by atoms with Crippen LogP contribution in [0.2, 0.25) is 0 Å². The number of nitrogens with one attached hydrogen (secondary N) is 1. The maximum Gasteiger partial charge on any atom is 0.119 e. The lowest BCUT2D eigenvalue weighted by Gasteiger charge is -2.18. The van der Waals surface area contributed by atoms with Crippen LogP contribution in [0.15, 0.2) is 54.6 Å². The van der Waals surface area contributed by atoms with E-state index in [1.807, 2.05) is 30.3 Å². The fourth-order valence-corrected chi connectivity index (χ4v) is 2.82. The second-order valence-corrected chi connectivity index (χ2v) is 5.48. The Balaban J connectivity index is 1.45. The number of ether oxygens (including phenoxy) is 1. The molecule has 1 aliphatic rings. The first kappa shape index (κ1) is 14.1. The summed E-state index contributed by atoms with van der Waals surface area (Å²) in [6, 6.07) is 18.5. The molecule has 0 saturated carbocycles. The van der Waals surface area contributed by atoms with Crippen LogP contribution in [0, 0.1) is 0 Å². The van der Waals surface area contributed by atoms with Gasteiger partial charge in [0.25, 0.3) is 0 Å². The van der Waals surface area contributed by atoms with Gasteiger partial charge < -0.3 is 15.2 Å². The largest absolute Gasteiger partial charge is 0.491 e. The fraction of sp³-hybridized carbons (Fsp3) is 0.333. The molecular formula is C18H21NO2.